The average molecular weight is 453 g/mol. The lowest BCUT2D eigenvalue weighted by Gasteiger charge is -2.35. The lowest BCUT2D eigenvalue weighted by Crippen LogP contribution is -2.24. The number of benzene rings is 1. The summed E-state index contributed by atoms with van der Waals surface area (Å²) in [6, 6.07) is 2.76. The molecule has 32 heavy (non-hydrogen) atoms. The number of allylic oxidation sites excluding steroid dienone is 1. The Morgan fingerprint density at radius 2 is 1.66 bits per heavy atom. The smallest absolute Gasteiger partial charge is 0.270 e. The van der Waals surface area contributed by atoms with Crippen molar-refractivity contribution in [2.24, 2.45) is 23.7 Å². The zero-order valence-electron chi connectivity index (χ0n) is 19.6. The lowest BCUT2D eigenvalue weighted by atomic mass is 9.71. The van der Waals surface area contributed by atoms with E-state index in [2.05, 4.69) is 19.1 Å². The molecule has 0 heterocycles. The van der Waals surface area contributed by atoms with Gasteiger partial charge in [-0.05, 0) is 62.5 Å². The third kappa shape index (κ3) is 6.68. The van der Waals surface area contributed by atoms with Gasteiger partial charge in [0, 0.05) is 5.92 Å². The summed E-state index contributed by atoms with van der Waals surface area (Å²) in [5.74, 6) is 1.24. The van der Waals surface area contributed by atoms with Crippen molar-refractivity contribution in [2.75, 3.05) is 13.2 Å². The van der Waals surface area contributed by atoms with Crippen LogP contribution in [0, 0.1) is 29.5 Å². The quantitative estimate of drug-likeness (QED) is 0.247. The Balaban J connectivity index is 1.49. The van der Waals surface area contributed by atoms with E-state index in [-0.39, 0.29) is 24.0 Å². The third-order valence-corrected chi connectivity index (χ3v) is 7.29. The molecule has 0 aliphatic heterocycles. The van der Waals surface area contributed by atoms with Gasteiger partial charge in [-0.15, -0.1) is 0 Å². The topological polar surface area (TPSA) is 18.5 Å². The molecule has 2 atom stereocenters. The number of rotatable bonds is 11. The molecule has 1 saturated carbocycles. The van der Waals surface area contributed by atoms with Gasteiger partial charge in [0.1, 0.15) is 5.75 Å². The fraction of sp³-hybridized carbons (Fsp3) is 0.704. The zero-order valence-corrected chi connectivity index (χ0v) is 19.6. The highest BCUT2D eigenvalue weighted by molar-refractivity contribution is 5.43. The Morgan fingerprint density at radius 3 is 2.28 bits per heavy atom. The minimum atomic E-state index is -2.95. The van der Waals surface area contributed by atoms with Crippen LogP contribution in [0.2, 0.25) is 0 Å². The van der Waals surface area contributed by atoms with Crippen LogP contribution in [0.5, 0.6) is 11.5 Å². The van der Waals surface area contributed by atoms with Crippen LogP contribution in [-0.4, -0.2) is 13.2 Å². The van der Waals surface area contributed by atoms with E-state index < -0.39 is 17.8 Å². The molecule has 0 aromatic heterocycles. The van der Waals surface area contributed by atoms with Crippen LogP contribution in [-0.2, 0) is 0 Å². The molecule has 2 aliphatic rings. The Bertz CT molecular complexity index is 726. The van der Waals surface area contributed by atoms with E-state index in [1.165, 1.54) is 63.5 Å². The highest BCUT2D eigenvalue weighted by Gasteiger charge is 2.29. The number of unbranched alkanes of at least 4 members (excludes halogenated alkanes) is 2. The van der Waals surface area contributed by atoms with Crippen molar-refractivity contribution >= 4 is 0 Å². The molecule has 0 radical (unpaired) electrons. The Hall–Kier alpha value is -1.65. The molecular formula is C27H39F3O2. The van der Waals surface area contributed by atoms with Crippen molar-refractivity contribution in [3.05, 3.63) is 35.7 Å². The minimum Gasteiger partial charge on any atom is -0.492 e. The molecule has 0 bridgehead atoms. The Morgan fingerprint density at radius 1 is 0.906 bits per heavy atom. The molecule has 0 amide bonds. The third-order valence-electron chi connectivity index (χ3n) is 7.29. The molecule has 1 fully saturated rings. The molecule has 2 unspecified atom stereocenters. The summed E-state index contributed by atoms with van der Waals surface area (Å²) in [6.07, 6.45) is 14.5. The number of alkyl halides is 2. The second-order valence-corrected chi connectivity index (χ2v) is 9.50. The van der Waals surface area contributed by atoms with Gasteiger partial charge >= 0.3 is 0 Å². The van der Waals surface area contributed by atoms with E-state index in [1.807, 2.05) is 0 Å². The fourth-order valence-electron chi connectivity index (χ4n) is 5.37. The first-order valence-corrected chi connectivity index (χ1v) is 12.6. The van der Waals surface area contributed by atoms with Crippen molar-refractivity contribution in [3.63, 3.8) is 0 Å². The first kappa shape index (κ1) is 25.0. The van der Waals surface area contributed by atoms with Gasteiger partial charge in [-0.1, -0.05) is 57.6 Å². The van der Waals surface area contributed by atoms with Crippen molar-refractivity contribution < 1.29 is 22.6 Å². The summed E-state index contributed by atoms with van der Waals surface area (Å²) in [5.41, 5.74) is -0.704. The summed E-state index contributed by atoms with van der Waals surface area (Å²) in [4.78, 5) is 0. The minimum absolute atomic E-state index is 0.0853. The van der Waals surface area contributed by atoms with Gasteiger partial charge < -0.3 is 9.47 Å². The first-order valence-electron chi connectivity index (χ1n) is 12.6. The van der Waals surface area contributed by atoms with Gasteiger partial charge in [-0.25, -0.2) is 13.2 Å². The van der Waals surface area contributed by atoms with Gasteiger partial charge in [-0.3, -0.25) is 0 Å². The average Bonchev–Trinajstić information content (AvgIpc) is 2.80. The van der Waals surface area contributed by atoms with E-state index in [9.17, 15) is 13.2 Å². The number of halogens is 3. The molecule has 0 spiro atoms. The standard InChI is InChI=1S/C27H39F3O2/c1-3-5-6-7-19-8-12-21(13-9-19)22-14-10-20(11-15-22)18-32-23-16-17-24(31-4-2)26(28)25(23)27(29)30/h10,14,16-17,19-22,27H,3-9,11-13,15,18H2,1-2H3. The van der Waals surface area contributed by atoms with Crippen LogP contribution in [0.4, 0.5) is 13.2 Å². The highest BCUT2D eigenvalue weighted by Crippen LogP contribution is 2.41. The molecule has 1 aromatic rings. The van der Waals surface area contributed by atoms with Crippen molar-refractivity contribution in [2.45, 2.75) is 84.5 Å². The normalized spacial score (nSPS) is 25.8. The van der Waals surface area contributed by atoms with E-state index >= 15 is 0 Å². The fourth-order valence-corrected chi connectivity index (χ4v) is 5.37. The summed E-state index contributed by atoms with van der Waals surface area (Å²) in [7, 11) is 0. The number of hydrogen-bond acceptors (Lipinski definition) is 2. The van der Waals surface area contributed by atoms with Crippen LogP contribution < -0.4 is 9.47 Å². The van der Waals surface area contributed by atoms with Crippen LogP contribution >= 0.6 is 0 Å². The lowest BCUT2D eigenvalue weighted by molar-refractivity contribution is 0.136. The molecule has 2 nitrogen and oxygen atoms in total. The van der Waals surface area contributed by atoms with Crippen LogP contribution in [0.3, 0.4) is 0 Å². The molecule has 5 heteroatoms. The maximum absolute atomic E-state index is 14.4. The summed E-state index contributed by atoms with van der Waals surface area (Å²) in [6.45, 7) is 4.46. The van der Waals surface area contributed by atoms with Gasteiger partial charge in [0.05, 0.1) is 18.8 Å². The maximum Gasteiger partial charge on any atom is 0.270 e. The highest BCUT2D eigenvalue weighted by atomic mass is 19.3. The van der Waals surface area contributed by atoms with Gasteiger partial charge in [-0.2, -0.15) is 0 Å². The Kier molecular flexibility index (Phi) is 9.80. The van der Waals surface area contributed by atoms with E-state index in [0.29, 0.717) is 12.5 Å². The predicted molar refractivity (Wildman–Crippen MR) is 123 cm³/mol. The molecule has 0 N–H and O–H groups in total. The predicted octanol–water partition coefficient (Wildman–Crippen LogP) is 8.51. The molecule has 2 aliphatic carbocycles. The SMILES string of the molecule is CCCCCC1CCC(C2C=CC(COc3ccc(OCC)c(F)c3C(F)F)CC2)CC1. The van der Waals surface area contributed by atoms with E-state index in [1.54, 1.807) is 6.92 Å². The summed E-state index contributed by atoms with van der Waals surface area (Å²) >= 11 is 0. The molecule has 180 valence electrons. The Labute approximate surface area is 191 Å². The molecule has 1 aromatic carbocycles. The van der Waals surface area contributed by atoms with Gasteiger partial charge in [0.15, 0.2) is 11.6 Å². The number of ether oxygens (including phenoxy) is 2. The van der Waals surface area contributed by atoms with Crippen molar-refractivity contribution in [1.29, 1.82) is 0 Å². The van der Waals surface area contributed by atoms with Crippen molar-refractivity contribution in [3.8, 4) is 11.5 Å². The zero-order chi connectivity index (χ0) is 22.9. The monoisotopic (exact) mass is 452 g/mol. The second kappa shape index (κ2) is 12.6. The van der Waals surface area contributed by atoms with E-state index in [4.69, 9.17) is 9.47 Å². The maximum atomic E-state index is 14.4. The molecule has 0 saturated heterocycles. The second-order valence-electron chi connectivity index (χ2n) is 9.50. The molecule has 3 rings (SSSR count). The summed E-state index contributed by atoms with van der Waals surface area (Å²) < 4.78 is 52.1. The largest absolute Gasteiger partial charge is 0.492 e. The van der Waals surface area contributed by atoms with Crippen LogP contribution in [0.15, 0.2) is 24.3 Å². The molecular weight excluding hydrogens is 413 g/mol. The van der Waals surface area contributed by atoms with Crippen LogP contribution in [0.1, 0.15) is 90.0 Å². The summed E-state index contributed by atoms with van der Waals surface area (Å²) in [5, 5.41) is 0. The number of hydrogen-bond donors (Lipinski definition) is 0. The van der Waals surface area contributed by atoms with Crippen LogP contribution in [0.25, 0.3) is 0 Å². The first-order chi connectivity index (χ1) is 15.5. The van der Waals surface area contributed by atoms with Crippen molar-refractivity contribution in [1.82, 2.24) is 0 Å². The van der Waals surface area contributed by atoms with Gasteiger partial charge in [0.25, 0.3) is 6.43 Å². The van der Waals surface area contributed by atoms with E-state index in [0.717, 1.165) is 24.7 Å². The van der Waals surface area contributed by atoms with Gasteiger partial charge in [0.2, 0.25) is 0 Å².